The largest absolute Gasteiger partial charge is 0.507 e. The van der Waals surface area contributed by atoms with Crippen LogP contribution in [0.2, 0.25) is 0 Å². The van der Waals surface area contributed by atoms with Gasteiger partial charge in [0.25, 0.3) is 11.7 Å². The van der Waals surface area contributed by atoms with Crippen molar-refractivity contribution in [3.05, 3.63) is 65.2 Å². The van der Waals surface area contributed by atoms with Gasteiger partial charge in [-0.25, -0.2) is 0 Å². The third-order valence-corrected chi connectivity index (χ3v) is 6.37. The van der Waals surface area contributed by atoms with Gasteiger partial charge in [0.15, 0.2) is 0 Å². The molecule has 0 unspecified atom stereocenters. The lowest BCUT2D eigenvalue weighted by Gasteiger charge is -2.29. The molecule has 1 amide bonds. The maximum absolute atomic E-state index is 13.2. The fraction of sp³-hybridized carbons (Fsp3) is 0.407. The standard InChI is InChI=1S/C27H32N2O6/c1-3-35-21-10-8-19(9-11-21)25(30)23-24(20-6-4-7-22(18-20)33-2)29(27(32)26(23)31)13-5-12-28-14-16-34-17-15-28/h4,6-11,18,24,30H,3,5,12-17H2,1-2H3/b25-23+/t24-/m1/s1. The van der Waals surface area contributed by atoms with Gasteiger partial charge in [-0.15, -0.1) is 0 Å². The summed E-state index contributed by atoms with van der Waals surface area (Å²) in [5, 5.41) is 11.2. The molecule has 186 valence electrons. The number of nitrogens with zero attached hydrogens (tertiary/aromatic N) is 2. The van der Waals surface area contributed by atoms with E-state index in [-0.39, 0.29) is 11.3 Å². The minimum absolute atomic E-state index is 0.0822. The molecule has 2 aliphatic heterocycles. The fourth-order valence-electron chi connectivity index (χ4n) is 4.59. The van der Waals surface area contributed by atoms with Crippen LogP contribution in [-0.2, 0) is 14.3 Å². The Morgan fingerprint density at radius 2 is 1.80 bits per heavy atom. The number of methoxy groups -OCH3 is 1. The number of aliphatic hydroxyl groups is 1. The molecule has 0 aliphatic carbocycles. The van der Waals surface area contributed by atoms with Crippen molar-refractivity contribution >= 4 is 17.4 Å². The zero-order valence-electron chi connectivity index (χ0n) is 20.2. The number of ether oxygens (including phenoxy) is 3. The normalized spacial score (nSPS) is 20.3. The Morgan fingerprint density at radius 1 is 1.06 bits per heavy atom. The van der Waals surface area contributed by atoms with Gasteiger partial charge in [-0.2, -0.15) is 0 Å². The maximum Gasteiger partial charge on any atom is 0.295 e. The van der Waals surface area contributed by atoms with Crippen molar-refractivity contribution in [1.29, 1.82) is 0 Å². The molecule has 0 saturated carbocycles. The Bertz CT molecular complexity index is 1080. The predicted octanol–water partition coefficient (Wildman–Crippen LogP) is 3.24. The number of aliphatic hydroxyl groups excluding tert-OH is 1. The summed E-state index contributed by atoms with van der Waals surface area (Å²) in [6, 6.07) is 13.4. The van der Waals surface area contributed by atoms with Crippen LogP contribution in [0.15, 0.2) is 54.1 Å². The van der Waals surface area contributed by atoms with Gasteiger partial charge in [-0.1, -0.05) is 12.1 Å². The van der Waals surface area contributed by atoms with E-state index in [1.54, 1.807) is 48.4 Å². The third kappa shape index (κ3) is 5.49. The first kappa shape index (κ1) is 24.8. The Balaban J connectivity index is 1.67. The van der Waals surface area contributed by atoms with E-state index in [0.29, 0.717) is 55.4 Å². The van der Waals surface area contributed by atoms with Crippen molar-refractivity contribution in [2.45, 2.75) is 19.4 Å². The Labute approximate surface area is 205 Å². The number of hydrogen-bond donors (Lipinski definition) is 1. The van der Waals surface area contributed by atoms with Crippen LogP contribution in [0, 0.1) is 0 Å². The van der Waals surface area contributed by atoms with Crippen LogP contribution in [0.1, 0.15) is 30.5 Å². The molecular weight excluding hydrogens is 448 g/mol. The lowest BCUT2D eigenvalue weighted by atomic mass is 9.95. The van der Waals surface area contributed by atoms with E-state index < -0.39 is 17.7 Å². The van der Waals surface area contributed by atoms with Gasteiger partial charge in [0.1, 0.15) is 17.3 Å². The monoisotopic (exact) mass is 480 g/mol. The van der Waals surface area contributed by atoms with E-state index in [1.807, 2.05) is 19.1 Å². The third-order valence-electron chi connectivity index (χ3n) is 6.37. The Morgan fingerprint density at radius 3 is 2.49 bits per heavy atom. The molecule has 1 N–H and O–H groups in total. The number of rotatable bonds is 9. The van der Waals surface area contributed by atoms with Crippen LogP contribution in [0.4, 0.5) is 0 Å². The van der Waals surface area contributed by atoms with E-state index in [4.69, 9.17) is 14.2 Å². The van der Waals surface area contributed by atoms with E-state index in [0.717, 1.165) is 19.6 Å². The maximum atomic E-state index is 13.2. The lowest BCUT2D eigenvalue weighted by molar-refractivity contribution is -0.140. The van der Waals surface area contributed by atoms with Crippen molar-refractivity contribution < 1.29 is 28.9 Å². The summed E-state index contributed by atoms with van der Waals surface area (Å²) in [7, 11) is 1.57. The topological polar surface area (TPSA) is 88.5 Å². The number of hydrogen-bond acceptors (Lipinski definition) is 7. The average Bonchev–Trinajstić information content (AvgIpc) is 3.14. The molecule has 2 saturated heterocycles. The van der Waals surface area contributed by atoms with Gasteiger partial charge >= 0.3 is 0 Å². The summed E-state index contributed by atoms with van der Waals surface area (Å²) >= 11 is 0. The Kier molecular flexibility index (Phi) is 8.05. The zero-order chi connectivity index (χ0) is 24.8. The minimum atomic E-state index is -0.707. The van der Waals surface area contributed by atoms with Gasteiger partial charge in [0.2, 0.25) is 0 Å². The number of likely N-dealkylation sites (tertiary alicyclic amines) is 1. The molecule has 8 heteroatoms. The molecule has 35 heavy (non-hydrogen) atoms. The fourth-order valence-corrected chi connectivity index (χ4v) is 4.59. The van der Waals surface area contributed by atoms with Crippen molar-refractivity contribution in [3.8, 4) is 11.5 Å². The van der Waals surface area contributed by atoms with Gasteiger partial charge in [-0.05, 0) is 55.3 Å². The molecule has 2 aromatic rings. The van der Waals surface area contributed by atoms with E-state index >= 15 is 0 Å². The molecule has 0 spiro atoms. The molecule has 0 radical (unpaired) electrons. The van der Waals surface area contributed by atoms with Crippen molar-refractivity contribution in [2.24, 2.45) is 0 Å². The first-order valence-electron chi connectivity index (χ1n) is 12.0. The average molecular weight is 481 g/mol. The highest BCUT2D eigenvalue weighted by atomic mass is 16.5. The van der Waals surface area contributed by atoms with E-state index in [2.05, 4.69) is 4.90 Å². The summed E-state index contributed by atoms with van der Waals surface area (Å²) in [6.45, 7) is 6.73. The summed E-state index contributed by atoms with van der Waals surface area (Å²) in [4.78, 5) is 30.2. The highest BCUT2D eigenvalue weighted by Gasteiger charge is 2.46. The number of Topliss-reactive ketones (excluding diaryl/α,β-unsaturated/α-hetero) is 1. The molecular formula is C27H32N2O6. The minimum Gasteiger partial charge on any atom is -0.507 e. The van der Waals surface area contributed by atoms with Crippen molar-refractivity contribution in [1.82, 2.24) is 9.80 Å². The summed E-state index contributed by atoms with van der Waals surface area (Å²) in [6.07, 6.45) is 0.705. The molecule has 4 rings (SSSR count). The second-order valence-electron chi connectivity index (χ2n) is 8.53. The van der Waals surface area contributed by atoms with E-state index in [9.17, 15) is 14.7 Å². The molecule has 0 aromatic heterocycles. The molecule has 2 heterocycles. The van der Waals surface area contributed by atoms with Crippen LogP contribution >= 0.6 is 0 Å². The number of benzene rings is 2. The van der Waals surface area contributed by atoms with Crippen molar-refractivity contribution in [3.63, 3.8) is 0 Å². The zero-order valence-corrected chi connectivity index (χ0v) is 20.2. The van der Waals surface area contributed by atoms with Gasteiger partial charge < -0.3 is 24.2 Å². The predicted molar refractivity (Wildman–Crippen MR) is 131 cm³/mol. The van der Waals surface area contributed by atoms with Gasteiger partial charge in [0, 0.05) is 31.7 Å². The van der Waals surface area contributed by atoms with Gasteiger partial charge in [0.05, 0.1) is 38.5 Å². The second-order valence-corrected chi connectivity index (χ2v) is 8.53. The number of carbonyl (C=O) groups excluding carboxylic acids is 2. The highest BCUT2D eigenvalue weighted by molar-refractivity contribution is 6.46. The van der Waals surface area contributed by atoms with Crippen molar-refractivity contribution in [2.75, 3.05) is 53.1 Å². The number of morpholine rings is 1. The molecule has 2 aromatic carbocycles. The number of carbonyl (C=O) groups is 2. The lowest BCUT2D eigenvalue weighted by Crippen LogP contribution is -2.38. The summed E-state index contributed by atoms with van der Waals surface area (Å²) in [5.74, 6) is -0.211. The second kappa shape index (κ2) is 11.4. The summed E-state index contributed by atoms with van der Waals surface area (Å²) in [5.41, 5.74) is 1.24. The first-order chi connectivity index (χ1) is 17.0. The molecule has 2 aliphatic rings. The SMILES string of the molecule is CCOc1ccc(/C(O)=C2\C(=O)C(=O)N(CCCN3CCOCC3)[C@@H]2c2cccc(OC)c2)cc1. The summed E-state index contributed by atoms with van der Waals surface area (Å²) < 4.78 is 16.3. The van der Waals surface area contributed by atoms with Crippen LogP contribution in [0.5, 0.6) is 11.5 Å². The van der Waals surface area contributed by atoms with Crippen LogP contribution < -0.4 is 9.47 Å². The van der Waals surface area contributed by atoms with Crippen LogP contribution in [-0.4, -0.2) is 79.7 Å². The smallest absolute Gasteiger partial charge is 0.295 e. The molecule has 1 atom stereocenters. The molecule has 2 fully saturated rings. The van der Waals surface area contributed by atoms with Gasteiger partial charge in [-0.3, -0.25) is 14.5 Å². The Hall–Kier alpha value is -3.36. The number of ketones is 1. The highest BCUT2D eigenvalue weighted by Crippen LogP contribution is 2.40. The van der Waals surface area contributed by atoms with Crippen LogP contribution in [0.3, 0.4) is 0 Å². The molecule has 8 nitrogen and oxygen atoms in total. The first-order valence-corrected chi connectivity index (χ1v) is 12.0. The number of amides is 1. The van der Waals surface area contributed by atoms with Crippen LogP contribution in [0.25, 0.3) is 5.76 Å². The molecule has 0 bridgehead atoms. The van der Waals surface area contributed by atoms with E-state index in [1.165, 1.54) is 0 Å². The quantitative estimate of drug-likeness (QED) is 0.335.